The van der Waals surface area contributed by atoms with Crippen LogP contribution in [0.15, 0.2) is 29.1 Å². The molecule has 4 heterocycles. The van der Waals surface area contributed by atoms with E-state index in [0.29, 0.717) is 36.9 Å². The highest BCUT2D eigenvalue weighted by Crippen LogP contribution is 2.36. The number of hydrogen-bond acceptors (Lipinski definition) is 6. The van der Waals surface area contributed by atoms with E-state index in [0.717, 1.165) is 18.5 Å². The number of carbonyl (C=O) groups is 1. The minimum atomic E-state index is -0.312. The van der Waals surface area contributed by atoms with Gasteiger partial charge in [-0.3, -0.25) is 9.78 Å². The van der Waals surface area contributed by atoms with E-state index >= 15 is 0 Å². The van der Waals surface area contributed by atoms with Crippen LogP contribution in [0.2, 0.25) is 0 Å². The van der Waals surface area contributed by atoms with E-state index < -0.39 is 0 Å². The van der Waals surface area contributed by atoms with E-state index in [1.807, 2.05) is 6.92 Å². The Morgan fingerprint density at radius 2 is 2.20 bits per heavy atom. The molecule has 0 bridgehead atoms. The third-order valence-electron chi connectivity index (χ3n) is 4.80. The minimum Gasteiger partial charge on any atom is -0.473 e. The molecule has 25 heavy (non-hydrogen) atoms. The van der Waals surface area contributed by atoms with E-state index in [1.54, 1.807) is 36.5 Å². The van der Waals surface area contributed by atoms with Gasteiger partial charge in [0.2, 0.25) is 5.88 Å². The van der Waals surface area contributed by atoms with Crippen molar-refractivity contribution in [3.8, 4) is 5.88 Å². The molecule has 1 atom stereocenters. The summed E-state index contributed by atoms with van der Waals surface area (Å²) in [5.41, 5.74) is 1.14. The smallest absolute Gasteiger partial charge is 0.257 e. The zero-order valence-corrected chi connectivity index (χ0v) is 14.4. The third-order valence-corrected chi connectivity index (χ3v) is 4.80. The first kappa shape index (κ1) is 16.1. The second-order valence-electron chi connectivity index (χ2n) is 6.81. The van der Waals surface area contributed by atoms with Crippen LogP contribution in [0, 0.1) is 13.8 Å². The second kappa shape index (κ2) is 6.15. The molecule has 132 valence electrons. The lowest BCUT2D eigenvalue weighted by Gasteiger charge is -2.52. The number of amides is 1. The summed E-state index contributed by atoms with van der Waals surface area (Å²) in [6.45, 7) is 5.47. The van der Waals surface area contributed by atoms with Gasteiger partial charge < -0.3 is 18.8 Å². The highest BCUT2D eigenvalue weighted by Gasteiger charge is 2.50. The van der Waals surface area contributed by atoms with Crippen molar-refractivity contribution in [1.82, 2.24) is 14.9 Å². The van der Waals surface area contributed by atoms with Crippen LogP contribution in [0.1, 0.15) is 34.7 Å². The lowest BCUT2D eigenvalue weighted by molar-refractivity contribution is -0.174. The molecule has 0 saturated carbocycles. The van der Waals surface area contributed by atoms with Crippen LogP contribution in [-0.4, -0.2) is 52.2 Å². The number of furan rings is 1. The third kappa shape index (κ3) is 3.11. The zero-order valence-electron chi connectivity index (χ0n) is 14.4. The van der Waals surface area contributed by atoms with Crippen molar-refractivity contribution in [1.29, 1.82) is 0 Å². The molecule has 0 aliphatic carbocycles. The summed E-state index contributed by atoms with van der Waals surface area (Å²) >= 11 is 0. The summed E-state index contributed by atoms with van der Waals surface area (Å²) in [6.07, 6.45) is 6.46. The first-order valence-electron chi connectivity index (χ1n) is 8.47. The van der Waals surface area contributed by atoms with Crippen molar-refractivity contribution in [2.75, 3.05) is 19.7 Å². The van der Waals surface area contributed by atoms with E-state index in [1.165, 1.54) is 0 Å². The molecule has 1 unspecified atom stereocenters. The Bertz CT molecular complexity index is 782. The maximum absolute atomic E-state index is 12.5. The Balaban J connectivity index is 1.38. The van der Waals surface area contributed by atoms with E-state index in [4.69, 9.17) is 13.9 Å². The average Bonchev–Trinajstić information content (AvgIpc) is 2.98. The van der Waals surface area contributed by atoms with Crippen molar-refractivity contribution < 1.29 is 18.7 Å². The van der Waals surface area contributed by atoms with Crippen LogP contribution in [0.3, 0.4) is 0 Å². The molecule has 0 N–H and O–H groups in total. The summed E-state index contributed by atoms with van der Waals surface area (Å²) in [7, 11) is 0. The van der Waals surface area contributed by atoms with E-state index in [-0.39, 0.29) is 17.6 Å². The molecule has 0 aromatic carbocycles. The van der Waals surface area contributed by atoms with Crippen molar-refractivity contribution >= 4 is 5.91 Å². The van der Waals surface area contributed by atoms with Crippen molar-refractivity contribution in [3.63, 3.8) is 0 Å². The van der Waals surface area contributed by atoms with Crippen molar-refractivity contribution in [2.45, 2.75) is 38.4 Å². The molecule has 2 aromatic rings. The highest BCUT2D eigenvalue weighted by atomic mass is 16.5. The molecule has 1 amide bonds. The summed E-state index contributed by atoms with van der Waals surface area (Å²) in [5, 5.41) is 0. The summed E-state index contributed by atoms with van der Waals surface area (Å²) < 4.78 is 17.2. The predicted octanol–water partition coefficient (Wildman–Crippen LogP) is 2.14. The quantitative estimate of drug-likeness (QED) is 0.850. The van der Waals surface area contributed by atoms with Gasteiger partial charge in [-0.2, -0.15) is 0 Å². The number of carbonyl (C=O) groups excluding carboxylic acids is 1. The number of aryl methyl sites for hydroxylation is 2. The largest absolute Gasteiger partial charge is 0.473 e. The average molecular weight is 343 g/mol. The molecule has 0 radical (unpaired) electrons. The number of aromatic nitrogens is 2. The monoisotopic (exact) mass is 343 g/mol. The fourth-order valence-corrected chi connectivity index (χ4v) is 3.54. The van der Waals surface area contributed by atoms with Gasteiger partial charge in [-0.15, -0.1) is 0 Å². The normalized spacial score (nSPS) is 21.8. The van der Waals surface area contributed by atoms with Crippen LogP contribution in [-0.2, 0) is 4.74 Å². The molecular weight excluding hydrogens is 322 g/mol. The van der Waals surface area contributed by atoms with Gasteiger partial charge in [0.15, 0.2) is 0 Å². The lowest BCUT2D eigenvalue weighted by atomic mass is 9.84. The topological polar surface area (TPSA) is 77.7 Å². The minimum absolute atomic E-state index is 0.00642. The molecule has 7 heteroatoms. The number of nitrogens with zero attached hydrogens (tertiary/aromatic N) is 3. The van der Waals surface area contributed by atoms with Crippen LogP contribution < -0.4 is 4.74 Å². The number of hydrogen-bond donors (Lipinski definition) is 0. The van der Waals surface area contributed by atoms with Gasteiger partial charge in [-0.25, -0.2) is 4.98 Å². The van der Waals surface area contributed by atoms with Gasteiger partial charge in [0, 0.05) is 19.0 Å². The van der Waals surface area contributed by atoms with Crippen molar-refractivity contribution in [2.24, 2.45) is 0 Å². The summed E-state index contributed by atoms with van der Waals surface area (Å²) in [4.78, 5) is 22.8. The van der Waals surface area contributed by atoms with Crippen LogP contribution >= 0.6 is 0 Å². The van der Waals surface area contributed by atoms with E-state index in [9.17, 15) is 4.79 Å². The molecular formula is C18H21N3O4. The van der Waals surface area contributed by atoms with Gasteiger partial charge in [0.1, 0.15) is 17.5 Å². The molecule has 1 spiro atoms. The fraction of sp³-hybridized carbons (Fsp3) is 0.500. The Morgan fingerprint density at radius 1 is 1.36 bits per heavy atom. The molecule has 4 rings (SSSR count). The Morgan fingerprint density at radius 3 is 2.92 bits per heavy atom. The van der Waals surface area contributed by atoms with Crippen molar-refractivity contribution in [3.05, 3.63) is 41.7 Å². The Hall–Kier alpha value is -2.41. The van der Waals surface area contributed by atoms with E-state index in [2.05, 4.69) is 9.97 Å². The first-order valence-corrected chi connectivity index (χ1v) is 8.47. The lowest BCUT2D eigenvalue weighted by Crippen LogP contribution is -2.67. The predicted molar refractivity (Wildman–Crippen MR) is 88.5 cm³/mol. The van der Waals surface area contributed by atoms with Gasteiger partial charge >= 0.3 is 0 Å². The van der Waals surface area contributed by atoms with Crippen LogP contribution in [0.5, 0.6) is 5.88 Å². The number of ether oxygens (including phenoxy) is 2. The number of rotatable bonds is 3. The van der Waals surface area contributed by atoms with Gasteiger partial charge in [0.05, 0.1) is 43.4 Å². The number of likely N-dealkylation sites (tertiary alicyclic amines) is 1. The summed E-state index contributed by atoms with van der Waals surface area (Å²) in [6, 6.07) is 1.71. The molecule has 2 fully saturated rings. The van der Waals surface area contributed by atoms with Gasteiger partial charge in [-0.1, -0.05) is 0 Å². The second-order valence-corrected chi connectivity index (χ2v) is 6.81. The van der Waals surface area contributed by atoms with Gasteiger partial charge in [-0.05, 0) is 19.9 Å². The fourth-order valence-electron chi connectivity index (χ4n) is 3.54. The standard InChI is InChI=1S/C18H21N3O4/c1-12-8-19-9-16(20-12)25-14-3-6-24-18(7-14)10-21(11-18)17(22)15-4-5-23-13(15)2/h4-5,8-9,14H,3,6-7,10-11H2,1-2H3. The zero-order chi connectivity index (χ0) is 17.4. The maximum atomic E-state index is 12.5. The molecule has 2 aliphatic heterocycles. The van der Waals surface area contributed by atoms with Crippen LogP contribution in [0.25, 0.3) is 0 Å². The maximum Gasteiger partial charge on any atom is 0.257 e. The molecule has 7 nitrogen and oxygen atoms in total. The molecule has 2 saturated heterocycles. The SMILES string of the molecule is Cc1cncc(OC2CCOC3(C2)CN(C(=O)c2ccoc2C)C3)n1. The first-order chi connectivity index (χ1) is 12.0. The summed E-state index contributed by atoms with van der Waals surface area (Å²) in [5.74, 6) is 1.19. The molecule has 2 aromatic heterocycles. The Kier molecular flexibility index (Phi) is 3.95. The molecule has 2 aliphatic rings. The van der Waals surface area contributed by atoms with Crippen LogP contribution in [0.4, 0.5) is 0 Å². The Labute approximate surface area is 146 Å². The van der Waals surface area contributed by atoms with Gasteiger partial charge in [0.25, 0.3) is 5.91 Å². The highest BCUT2D eigenvalue weighted by molar-refractivity contribution is 5.95.